The average molecular weight is 278 g/mol. The lowest BCUT2D eigenvalue weighted by Gasteiger charge is -2.43. The molecule has 2 saturated carbocycles. The molecule has 0 amide bonds. The van der Waals surface area contributed by atoms with Crippen LogP contribution in [0.2, 0.25) is 0 Å². The number of aliphatic hydroxyl groups is 1. The van der Waals surface area contributed by atoms with Gasteiger partial charge >= 0.3 is 0 Å². The van der Waals surface area contributed by atoms with Crippen LogP contribution in [0.25, 0.3) is 0 Å². The summed E-state index contributed by atoms with van der Waals surface area (Å²) in [7, 11) is 0. The van der Waals surface area contributed by atoms with Gasteiger partial charge in [0.25, 0.3) is 0 Å². The zero-order valence-electron chi connectivity index (χ0n) is 12.1. The third-order valence-electron chi connectivity index (χ3n) is 5.24. The number of hydrazone groups is 1. The first kappa shape index (κ1) is 13.9. The van der Waals surface area contributed by atoms with Gasteiger partial charge in [-0.15, -0.1) is 0 Å². The normalized spacial score (nSPS) is 38.0. The van der Waals surface area contributed by atoms with E-state index >= 15 is 0 Å². The van der Waals surface area contributed by atoms with Crippen molar-refractivity contribution >= 4 is 12.2 Å². The lowest BCUT2D eigenvalue weighted by atomic mass is 9.63. The van der Waals surface area contributed by atoms with Gasteiger partial charge in [-0.25, -0.2) is 10.4 Å². The second-order valence-corrected chi connectivity index (χ2v) is 6.62. The van der Waals surface area contributed by atoms with Crippen LogP contribution < -0.4 is 10.7 Å². The van der Waals surface area contributed by atoms with Crippen LogP contribution in [0.4, 0.5) is 0 Å². The van der Waals surface area contributed by atoms with Gasteiger partial charge in [-0.2, -0.15) is 5.10 Å². The minimum atomic E-state index is -0.0382. The zero-order valence-corrected chi connectivity index (χ0v) is 12.1. The zero-order chi connectivity index (χ0) is 13.8. The fourth-order valence-electron chi connectivity index (χ4n) is 3.79. The van der Waals surface area contributed by atoms with Crippen molar-refractivity contribution in [2.45, 2.75) is 57.5 Å². The molecule has 0 aromatic rings. The van der Waals surface area contributed by atoms with Gasteiger partial charge in [0.05, 0.1) is 12.6 Å². The molecule has 1 spiro atoms. The predicted molar refractivity (Wildman–Crippen MR) is 80.8 cm³/mol. The minimum absolute atomic E-state index is 0.0382. The average Bonchev–Trinajstić information content (AvgIpc) is 2.98. The third kappa shape index (κ3) is 3.32. The topological polar surface area (TPSA) is 69.0 Å². The number of aliphatic hydroxyl groups excluding tert-OH is 1. The number of hydrogen-bond donors (Lipinski definition) is 3. The number of guanidine groups is 1. The van der Waals surface area contributed by atoms with Crippen molar-refractivity contribution in [3.8, 4) is 0 Å². The first-order valence-corrected chi connectivity index (χ1v) is 8.01. The van der Waals surface area contributed by atoms with E-state index in [2.05, 4.69) is 27.1 Å². The molecule has 0 bridgehead atoms. The highest BCUT2D eigenvalue weighted by Crippen LogP contribution is 2.48. The Morgan fingerprint density at radius 2 is 1.90 bits per heavy atom. The van der Waals surface area contributed by atoms with E-state index in [1.54, 1.807) is 0 Å². The van der Waals surface area contributed by atoms with E-state index in [0.29, 0.717) is 11.3 Å². The minimum Gasteiger partial charge on any atom is -0.393 e. The summed E-state index contributed by atoms with van der Waals surface area (Å²) in [5.41, 5.74) is 3.52. The molecule has 3 aliphatic rings. The van der Waals surface area contributed by atoms with Gasteiger partial charge in [0.2, 0.25) is 5.96 Å². The van der Waals surface area contributed by atoms with Gasteiger partial charge in [-0.3, -0.25) is 0 Å². The van der Waals surface area contributed by atoms with E-state index in [9.17, 15) is 5.11 Å². The van der Waals surface area contributed by atoms with E-state index in [-0.39, 0.29) is 6.10 Å². The predicted octanol–water partition coefficient (Wildman–Crippen LogP) is 1.63. The van der Waals surface area contributed by atoms with Crippen LogP contribution in [0.5, 0.6) is 0 Å². The van der Waals surface area contributed by atoms with E-state index in [0.717, 1.165) is 31.9 Å². The standard InChI is InChI=1S/C15H26N4O/c20-13-3-7-15(8-4-13)5-1-12(2-6-15)11-18-19-14-16-9-10-17-14/h11-13,20H,1-10H2,(H2,16,17,19). The molecule has 0 unspecified atom stereocenters. The Hall–Kier alpha value is -1.10. The van der Waals surface area contributed by atoms with Crippen LogP contribution in [-0.4, -0.2) is 36.5 Å². The van der Waals surface area contributed by atoms with Gasteiger partial charge in [-0.05, 0) is 62.7 Å². The van der Waals surface area contributed by atoms with Crippen molar-refractivity contribution < 1.29 is 5.11 Å². The van der Waals surface area contributed by atoms with Gasteiger partial charge in [0.15, 0.2) is 0 Å². The van der Waals surface area contributed by atoms with Crippen molar-refractivity contribution in [3.63, 3.8) is 0 Å². The van der Waals surface area contributed by atoms with Gasteiger partial charge < -0.3 is 10.4 Å². The molecule has 3 rings (SSSR count). The van der Waals surface area contributed by atoms with Crippen LogP contribution in [0, 0.1) is 11.3 Å². The fraction of sp³-hybridized carbons (Fsp3) is 0.867. The van der Waals surface area contributed by atoms with Crippen LogP contribution in [0.15, 0.2) is 10.1 Å². The molecule has 2 aliphatic carbocycles. The number of rotatable bonds is 2. The Balaban J connectivity index is 1.43. The summed E-state index contributed by atoms with van der Waals surface area (Å²) in [6.07, 6.45) is 11.6. The van der Waals surface area contributed by atoms with Crippen molar-refractivity contribution in [1.29, 1.82) is 0 Å². The monoisotopic (exact) mass is 278 g/mol. The van der Waals surface area contributed by atoms with Crippen molar-refractivity contribution in [2.75, 3.05) is 13.1 Å². The van der Waals surface area contributed by atoms with Crippen LogP contribution in [-0.2, 0) is 0 Å². The van der Waals surface area contributed by atoms with Crippen LogP contribution in [0.1, 0.15) is 51.4 Å². The van der Waals surface area contributed by atoms with E-state index < -0.39 is 0 Å². The SMILES string of the molecule is OC1CCC2(CC1)CCC(C=NNC1=NCCN1)CC2. The molecular weight excluding hydrogens is 252 g/mol. The maximum Gasteiger partial charge on any atom is 0.212 e. The Kier molecular flexibility index (Phi) is 4.24. The van der Waals surface area contributed by atoms with E-state index in [1.807, 2.05) is 0 Å². The number of nitrogens with zero attached hydrogens (tertiary/aromatic N) is 2. The summed E-state index contributed by atoms with van der Waals surface area (Å²) in [4.78, 5) is 4.25. The molecule has 5 heteroatoms. The third-order valence-corrected chi connectivity index (χ3v) is 5.24. The Labute approximate surface area is 120 Å². The molecule has 5 nitrogen and oxygen atoms in total. The molecule has 3 N–H and O–H groups in total. The fourth-order valence-corrected chi connectivity index (χ4v) is 3.79. The summed E-state index contributed by atoms with van der Waals surface area (Å²) in [5.74, 6) is 1.40. The highest BCUT2D eigenvalue weighted by atomic mass is 16.3. The Morgan fingerprint density at radius 1 is 1.20 bits per heavy atom. The number of aliphatic imine (C=N–C) groups is 1. The quantitative estimate of drug-likeness (QED) is 0.531. The second-order valence-electron chi connectivity index (χ2n) is 6.62. The van der Waals surface area contributed by atoms with Gasteiger partial charge in [0, 0.05) is 12.8 Å². The lowest BCUT2D eigenvalue weighted by Crippen LogP contribution is -2.34. The summed E-state index contributed by atoms with van der Waals surface area (Å²) in [6, 6.07) is 0. The first-order chi connectivity index (χ1) is 9.76. The van der Waals surface area contributed by atoms with Crippen molar-refractivity contribution in [1.82, 2.24) is 10.7 Å². The molecule has 0 radical (unpaired) electrons. The van der Waals surface area contributed by atoms with Crippen molar-refractivity contribution in [3.05, 3.63) is 0 Å². The van der Waals surface area contributed by atoms with Crippen LogP contribution >= 0.6 is 0 Å². The second kappa shape index (κ2) is 6.12. The molecule has 20 heavy (non-hydrogen) atoms. The molecule has 112 valence electrons. The Morgan fingerprint density at radius 3 is 2.55 bits per heavy atom. The molecule has 0 atom stereocenters. The smallest absolute Gasteiger partial charge is 0.212 e. The van der Waals surface area contributed by atoms with E-state index in [1.165, 1.54) is 38.5 Å². The maximum atomic E-state index is 9.65. The Bertz CT molecular complexity index is 375. The summed E-state index contributed by atoms with van der Waals surface area (Å²) in [6.45, 7) is 1.76. The molecule has 1 aliphatic heterocycles. The summed E-state index contributed by atoms with van der Waals surface area (Å²) < 4.78 is 0. The largest absolute Gasteiger partial charge is 0.393 e. The molecular formula is C15H26N4O. The highest BCUT2D eigenvalue weighted by Gasteiger charge is 2.37. The number of hydrogen-bond acceptors (Lipinski definition) is 5. The molecule has 0 aromatic heterocycles. The molecule has 1 heterocycles. The van der Waals surface area contributed by atoms with E-state index in [4.69, 9.17) is 0 Å². The van der Waals surface area contributed by atoms with Gasteiger partial charge in [-0.1, -0.05) is 0 Å². The molecule has 0 saturated heterocycles. The first-order valence-electron chi connectivity index (χ1n) is 8.01. The van der Waals surface area contributed by atoms with Crippen LogP contribution in [0.3, 0.4) is 0 Å². The molecule has 0 aromatic carbocycles. The highest BCUT2D eigenvalue weighted by molar-refractivity contribution is 5.81. The summed E-state index contributed by atoms with van der Waals surface area (Å²) >= 11 is 0. The molecule has 2 fully saturated rings. The maximum absolute atomic E-state index is 9.65. The van der Waals surface area contributed by atoms with Crippen molar-refractivity contribution in [2.24, 2.45) is 21.4 Å². The number of nitrogens with one attached hydrogen (secondary N) is 2. The van der Waals surface area contributed by atoms with Gasteiger partial charge in [0.1, 0.15) is 0 Å². The lowest BCUT2D eigenvalue weighted by molar-refractivity contribution is 0.0353. The summed E-state index contributed by atoms with van der Waals surface area (Å²) in [5, 5.41) is 17.1.